The zero-order valence-corrected chi connectivity index (χ0v) is 10.5. The van der Waals surface area contributed by atoms with E-state index in [4.69, 9.17) is 4.42 Å². The van der Waals surface area contributed by atoms with Gasteiger partial charge in [-0.25, -0.2) is 0 Å². The molecule has 2 rings (SSSR count). The number of nitro groups is 1. The Bertz CT molecular complexity index is 615. The third-order valence-electron chi connectivity index (χ3n) is 2.56. The third-order valence-corrected chi connectivity index (χ3v) is 2.56. The number of nitrogens with one attached hydrogen (secondary N) is 1. The first-order chi connectivity index (χ1) is 9.65. The lowest BCUT2D eigenvalue weighted by molar-refractivity contribution is -0.384. The summed E-state index contributed by atoms with van der Waals surface area (Å²) < 4.78 is 5.05. The van der Waals surface area contributed by atoms with Crippen LogP contribution in [0.3, 0.4) is 0 Å². The van der Waals surface area contributed by atoms with Crippen LogP contribution in [0, 0.1) is 10.1 Å². The number of non-ortho nitro benzene ring substituents is 1. The summed E-state index contributed by atoms with van der Waals surface area (Å²) in [6, 6.07) is 9.48. The zero-order valence-electron chi connectivity index (χ0n) is 10.5. The quantitative estimate of drug-likeness (QED) is 0.515. The topological polar surface area (TPSA) is 85.4 Å². The molecule has 0 atom stereocenters. The van der Waals surface area contributed by atoms with Gasteiger partial charge in [0.1, 0.15) is 5.76 Å². The summed E-state index contributed by atoms with van der Waals surface area (Å²) in [5.74, 6) is 0.329. The molecule has 0 radical (unpaired) electrons. The summed E-state index contributed by atoms with van der Waals surface area (Å²) in [6.07, 6.45) is 4.45. The van der Waals surface area contributed by atoms with Crippen molar-refractivity contribution in [3.05, 3.63) is 70.2 Å². The van der Waals surface area contributed by atoms with Crippen molar-refractivity contribution in [3.8, 4) is 0 Å². The maximum Gasteiger partial charge on any atom is 0.269 e. The highest BCUT2D eigenvalue weighted by molar-refractivity contribution is 5.91. The molecule has 6 nitrogen and oxygen atoms in total. The van der Waals surface area contributed by atoms with Crippen molar-refractivity contribution in [3.63, 3.8) is 0 Å². The number of furan rings is 1. The normalized spacial score (nSPS) is 10.6. The van der Waals surface area contributed by atoms with E-state index in [9.17, 15) is 14.9 Å². The lowest BCUT2D eigenvalue weighted by Crippen LogP contribution is -2.20. The number of benzene rings is 1. The Balaban J connectivity index is 1.85. The highest BCUT2D eigenvalue weighted by atomic mass is 16.6. The Labute approximate surface area is 114 Å². The molecule has 1 heterocycles. The molecule has 102 valence electrons. The summed E-state index contributed by atoms with van der Waals surface area (Å²) in [7, 11) is 0. The van der Waals surface area contributed by atoms with E-state index in [2.05, 4.69) is 5.32 Å². The Morgan fingerprint density at radius 3 is 2.65 bits per heavy atom. The number of carbonyl (C=O) groups is 1. The van der Waals surface area contributed by atoms with E-state index >= 15 is 0 Å². The second-order valence-corrected chi connectivity index (χ2v) is 3.99. The molecule has 0 saturated carbocycles. The van der Waals surface area contributed by atoms with Gasteiger partial charge in [0.15, 0.2) is 0 Å². The van der Waals surface area contributed by atoms with Crippen LogP contribution in [0.15, 0.2) is 53.2 Å². The van der Waals surface area contributed by atoms with Gasteiger partial charge in [-0.3, -0.25) is 14.9 Å². The number of nitro benzene ring substituents is 1. The Morgan fingerprint density at radius 1 is 1.30 bits per heavy atom. The third kappa shape index (κ3) is 3.81. The van der Waals surface area contributed by atoms with Crippen molar-refractivity contribution < 1.29 is 14.1 Å². The van der Waals surface area contributed by atoms with Crippen molar-refractivity contribution in [2.45, 2.75) is 6.54 Å². The number of carbonyl (C=O) groups excluding carboxylic acids is 1. The SMILES string of the molecule is O=C(/C=C/c1ccco1)NCc1ccc([N+](=O)[O-])cc1. The predicted molar refractivity (Wildman–Crippen MR) is 72.7 cm³/mol. The van der Waals surface area contributed by atoms with Crippen LogP contribution in [0.5, 0.6) is 0 Å². The summed E-state index contributed by atoms with van der Waals surface area (Å²) >= 11 is 0. The molecule has 0 bridgehead atoms. The number of hydrogen-bond acceptors (Lipinski definition) is 4. The lowest BCUT2D eigenvalue weighted by Gasteiger charge is -2.02. The van der Waals surface area contributed by atoms with E-state index in [0.29, 0.717) is 12.3 Å². The minimum atomic E-state index is -0.464. The molecule has 0 saturated heterocycles. The van der Waals surface area contributed by atoms with Gasteiger partial charge in [-0.05, 0) is 23.8 Å². The van der Waals surface area contributed by atoms with Crippen molar-refractivity contribution in [1.29, 1.82) is 0 Å². The first-order valence-electron chi connectivity index (χ1n) is 5.88. The number of amides is 1. The van der Waals surface area contributed by atoms with Crippen LogP contribution in [0.25, 0.3) is 6.08 Å². The van der Waals surface area contributed by atoms with Crippen LogP contribution in [-0.4, -0.2) is 10.8 Å². The van der Waals surface area contributed by atoms with Crippen molar-refractivity contribution in [1.82, 2.24) is 5.32 Å². The molecule has 0 spiro atoms. The lowest BCUT2D eigenvalue weighted by atomic mass is 10.2. The molecule has 20 heavy (non-hydrogen) atoms. The number of hydrogen-bond donors (Lipinski definition) is 1. The molecule has 2 aromatic rings. The van der Waals surface area contributed by atoms with Crippen molar-refractivity contribution in [2.24, 2.45) is 0 Å². The molecule has 0 aliphatic carbocycles. The van der Waals surface area contributed by atoms with Crippen LogP contribution < -0.4 is 5.32 Å². The Hall–Kier alpha value is -2.89. The molecule has 0 aliphatic heterocycles. The first kappa shape index (κ1) is 13.5. The minimum Gasteiger partial charge on any atom is -0.465 e. The smallest absolute Gasteiger partial charge is 0.269 e. The second-order valence-electron chi connectivity index (χ2n) is 3.99. The fraction of sp³-hybridized carbons (Fsp3) is 0.0714. The van der Waals surface area contributed by atoms with Crippen LogP contribution in [-0.2, 0) is 11.3 Å². The largest absolute Gasteiger partial charge is 0.465 e. The molecule has 1 amide bonds. The predicted octanol–water partition coefficient (Wildman–Crippen LogP) is 2.52. The molecule has 0 aliphatic rings. The average molecular weight is 272 g/mol. The van der Waals surface area contributed by atoms with Gasteiger partial charge in [0.05, 0.1) is 11.2 Å². The Morgan fingerprint density at radius 2 is 2.05 bits per heavy atom. The van der Waals surface area contributed by atoms with Crippen LogP contribution in [0.2, 0.25) is 0 Å². The molecule has 0 unspecified atom stereocenters. The van der Waals surface area contributed by atoms with E-state index in [0.717, 1.165) is 5.56 Å². The molecule has 1 N–H and O–H groups in total. The molecule has 1 aromatic carbocycles. The zero-order chi connectivity index (χ0) is 14.4. The molecule has 6 heteroatoms. The van der Waals surface area contributed by atoms with Crippen LogP contribution >= 0.6 is 0 Å². The van der Waals surface area contributed by atoms with Gasteiger partial charge in [-0.2, -0.15) is 0 Å². The standard InChI is InChI=1S/C14H12N2O4/c17-14(8-7-13-2-1-9-20-13)15-10-11-3-5-12(6-4-11)16(18)19/h1-9H,10H2,(H,15,17)/b8-7+. The summed E-state index contributed by atoms with van der Waals surface area (Å²) in [5.41, 5.74) is 0.813. The molecule has 1 aromatic heterocycles. The summed E-state index contributed by atoms with van der Waals surface area (Å²) in [5, 5.41) is 13.2. The average Bonchev–Trinajstić information content (AvgIpc) is 2.96. The highest BCUT2D eigenvalue weighted by Gasteiger charge is 2.04. The fourth-order valence-corrected chi connectivity index (χ4v) is 1.53. The molecule has 0 fully saturated rings. The van der Waals surface area contributed by atoms with E-state index in [1.807, 2.05) is 0 Å². The number of rotatable bonds is 5. The van der Waals surface area contributed by atoms with Gasteiger partial charge in [0.2, 0.25) is 5.91 Å². The summed E-state index contributed by atoms with van der Waals surface area (Å²) in [6.45, 7) is 0.305. The van der Waals surface area contributed by atoms with Gasteiger partial charge in [0, 0.05) is 24.8 Å². The van der Waals surface area contributed by atoms with Gasteiger partial charge in [-0.1, -0.05) is 12.1 Å². The van der Waals surface area contributed by atoms with Gasteiger partial charge < -0.3 is 9.73 Å². The monoisotopic (exact) mass is 272 g/mol. The van der Waals surface area contributed by atoms with Crippen molar-refractivity contribution in [2.75, 3.05) is 0 Å². The van der Waals surface area contributed by atoms with Gasteiger partial charge in [-0.15, -0.1) is 0 Å². The van der Waals surface area contributed by atoms with Gasteiger partial charge >= 0.3 is 0 Å². The van der Waals surface area contributed by atoms with E-state index in [-0.39, 0.29) is 11.6 Å². The van der Waals surface area contributed by atoms with Crippen LogP contribution in [0.1, 0.15) is 11.3 Å². The van der Waals surface area contributed by atoms with Crippen molar-refractivity contribution >= 4 is 17.7 Å². The van der Waals surface area contributed by atoms with Gasteiger partial charge in [0.25, 0.3) is 5.69 Å². The summed E-state index contributed by atoms with van der Waals surface area (Å²) in [4.78, 5) is 21.6. The van der Waals surface area contributed by atoms with E-state index in [1.165, 1.54) is 24.5 Å². The maximum atomic E-state index is 11.5. The van der Waals surface area contributed by atoms with E-state index in [1.54, 1.807) is 30.3 Å². The first-order valence-corrected chi connectivity index (χ1v) is 5.88. The minimum absolute atomic E-state index is 0.0257. The second kappa shape index (κ2) is 6.33. The fourth-order valence-electron chi connectivity index (χ4n) is 1.53. The number of nitrogens with zero attached hydrogens (tertiary/aromatic N) is 1. The van der Waals surface area contributed by atoms with Crippen LogP contribution in [0.4, 0.5) is 5.69 Å². The maximum absolute atomic E-state index is 11.5. The molecular weight excluding hydrogens is 260 g/mol. The highest BCUT2D eigenvalue weighted by Crippen LogP contribution is 2.11. The Kier molecular flexibility index (Phi) is 4.28. The van der Waals surface area contributed by atoms with E-state index < -0.39 is 4.92 Å². The molecular formula is C14H12N2O4.